The van der Waals surface area contributed by atoms with Crippen molar-refractivity contribution in [1.82, 2.24) is 14.9 Å². The fourth-order valence-electron chi connectivity index (χ4n) is 3.01. The molecule has 1 fully saturated rings. The van der Waals surface area contributed by atoms with E-state index in [0.717, 1.165) is 44.1 Å². The fourth-order valence-corrected chi connectivity index (χ4v) is 3.01. The summed E-state index contributed by atoms with van der Waals surface area (Å²) in [5.41, 5.74) is 1.87. The quantitative estimate of drug-likeness (QED) is 0.717. The molecular weight excluding hydrogens is 314 g/mol. The lowest BCUT2D eigenvalue weighted by Crippen LogP contribution is -2.38. The van der Waals surface area contributed by atoms with Crippen LogP contribution >= 0.6 is 0 Å². The molecule has 0 aliphatic carbocycles. The molecule has 2 heterocycles. The van der Waals surface area contributed by atoms with Crippen LogP contribution in [0.5, 0.6) is 5.88 Å². The summed E-state index contributed by atoms with van der Waals surface area (Å²) in [6.07, 6.45) is 3.45. The lowest BCUT2D eigenvalue weighted by molar-refractivity contribution is 0.0320. The number of morpholine rings is 1. The smallest absolute Gasteiger partial charge is 0.232 e. The highest BCUT2D eigenvalue weighted by Crippen LogP contribution is 2.23. The Labute approximate surface area is 147 Å². The molecule has 0 unspecified atom stereocenters. The van der Waals surface area contributed by atoms with Gasteiger partial charge in [0.15, 0.2) is 0 Å². The van der Waals surface area contributed by atoms with Gasteiger partial charge in [0.1, 0.15) is 6.61 Å². The zero-order chi connectivity index (χ0) is 16.9. The van der Waals surface area contributed by atoms with Crippen molar-refractivity contribution in [2.75, 3.05) is 39.5 Å². The number of nitrogens with zero attached hydrogens (tertiary/aromatic N) is 3. The SMILES string of the molecule is c1ccc2cc(-c3cncc(OCCN4CCOCC4)n3)ccc2c1. The van der Waals surface area contributed by atoms with E-state index in [1.165, 1.54) is 10.8 Å². The highest BCUT2D eigenvalue weighted by Gasteiger charge is 2.10. The Morgan fingerprint density at radius 2 is 1.84 bits per heavy atom. The summed E-state index contributed by atoms with van der Waals surface area (Å²) in [6, 6.07) is 14.6. The van der Waals surface area contributed by atoms with Crippen LogP contribution in [-0.2, 0) is 4.74 Å². The average molecular weight is 335 g/mol. The predicted molar refractivity (Wildman–Crippen MR) is 97.7 cm³/mol. The number of hydrogen-bond acceptors (Lipinski definition) is 5. The molecule has 0 spiro atoms. The van der Waals surface area contributed by atoms with E-state index < -0.39 is 0 Å². The van der Waals surface area contributed by atoms with Gasteiger partial charge in [-0.25, -0.2) is 4.98 Å². The number of ether oxygens (including phenoxy) is 2. The molecule has 1 aliphatic heterocycles. The molecular formula is C20H21N3O2. The number of benzene rings is 2. The largest absolute Gasteiger partial charge is 0.475 e. The highest BCUT2D eigenvalue weighted by molar-refractivity contribution is 5.86. The molecule has 0 bridgehead atoms. The lowest BCUT2D eigenvalue weighted by atomic mass is 10.1. The molecule has 25 heavy (non-hydrogen) atoms. The van der Waals surface area contributed by atoms with Crippen LogP contribution in [-0.4, -0.2) is 54.3 Å². The van der Waals surface area contributed by atoms with Gasteiger partial charge in [-0.15, -0.1) is 0 Å². The number of hydrogen-bond donors (Lipinski definition) is 0. The van der Waals surface area contributed by atoms with E-state index in [1.807, 2.05) is 12.1 Å². The van der Waals surface area contributed by atoms with Crippen molar-refractivity contribution in [3.05, 3.63) is 54.9 Å². The predicted octanol–water partition coefficient (Wildman–Crippen LogP) is 3.01. The van der Waals surface area contributed by atoms with Crippen LogP contribution in [0.3, 0.4) is 0 Å². The second kappa shape index (κ2) is 7.59. The molecule has 0 radical (unpaired) electrons. The van der Waals surface area contributed by atoms with E-state index in [2.05, 4.69) is 45.2 Å². The third-order valence-electron chi connectivity index (χ3n) is 4.42. The van der Waals surface area contributed by atoms with Crippen LogP contribution < -0.4 is 4.74 Å². The van der Waals surface area contributed by atoms with Crippen molar-refractivity contribution < 1.29 is 9.47 Å². The molecule has 0 saturated carbocycles. The van der Waals surface area contributed by atoms with Crippen LogP contribution in [0, 0.1) is 0 Å². The third-order valence-corrected chi connectivity index (χ3v) is 4.42. The molecule has 128 valence electrons. The summed E-state index contributed by atoms with van der Waals surface area (Å²) in [7, 11) is 0. The molecule has 4 rings (SSSR count). The maximum atomic E-state index is 5.80. The highest BCUT2D eigenvalue weighted by atomic mass is 16.5. The Balaban J connectivity index is 1.44. The van der Waals surface area contributed by atoms with E-state index in [1.54, 1.807) is 12.4 Å². The summed E-state index contributed by atoms with van der Waals surface area (Å²) < 4.78 is 11.2. The average Bonchev–Trinajstić information content (AvgIpc) is 2.69. The van der Waals surface area contributed by atoms with Gasteiger partial charge in [-0.2, -0.15) is 0 Å². The molecule has 0 N–H and O–H groups in total. The molecule has 2 aromatic carbocycles. The molecule has 5 heteroatoms. The fraction of sp³-hybridized carbons (Fsp3) is 0.300. The maximum Gasteiger partial charge on any atom is 0.232 e. The summed E-state index contributed by atoms with van der Waals surface area (Å²) in [4.78, 5) is 11.2. The Morgan fingerprint density at radius 3 is 2.72 bits per heavy atom. The topological polar surface area (TPSA) is 47.5 Å². The Morgan fingerprint density at radius 1 is 1.00 bits per heavy atom. The van der Waals surface area contributed by atoms with Crippen molar-refractivity contribution in [2.45, 2.75) is 0 Å². The minimum absolute atomic E-state index is 0.568. The van der Waals surface area contributed by atoms with Crippen molar-refractivity contribution >= 4 is 10.8 Å². The van der Waals surface area contributed by atoms with E-state index in [-0.39, 0.29) is 0 Å². The molecule has 0 atom stereocenters. The van der Waals surface area contributed by atoms with Gasteiger partial charge in [-0.05, 0) is 16.8 Å². The zero-order valence-electron chi connectivity index (χ0n) is 14.1. The zero-order valence-corrected chi connectivity index (χ0v) is 14.1. The molecule has 3 aromatic rings. The number of fused-ring (bicyclic) bond motifs is 1. The van der Waals surface area contributed by atoms with Gasteiger partial charge in [-0.3, -0.25) is 9.88 Å². The maximum absolute atomic E-state index is 5.80. The van der Waals surface area contributed by atoms with Crippen LogP contribution in [0.15, 0.2) is 54.9 Å². The first kappa shape index (κ1) is 16.0. The first-order valence-corrected chi connectivity index (χ1v) is 8.63. The van der Waals surface area contributed by atoms with Gasteiger partial charge in [-0.1, -0.05) is 36.4 Å². The van der Waals surface area contributed by atoms with Crippen LogP contribution in [0.2, 0.25) is 0 Å². The molecule has 1 aliphatic rings. The van der Waals surface area contributed by atoms with Crippen molar-refractivity contribution in [1.29, 1.82) is 0 Å². The number of rotatable bonds is 5. The molecule has 5 nitrogen and oxygen atoms in total. The van der Waals surface area contributed by atoms with Gasteiger partial charge in [0.25, 0.3) is 0 Å². The normalized spacial score (nSPS) is 15.4. The Hall–Kier alpha value is -2.50. The summed E-state index contributed by atoms with van der Waals surface area (Å²) in [5, 5.41) is 2.41. The molecule has 0 amide bonds. The second-order valence-electron chi connectivity index (χ2n) is 6.11. The van der Waals surface area contributed by atoms with E-state index in [0.29, 0.717) is 12.5 Å². The third kappa shape index (κ3) is 3.95. The summed E-state index contributed by atoms with van der Waals surface area (Å²) in [6.45, 7) is 5.02. The van der Waals surface area contributed by atoms with Crippen molar-refractivity contribution in [3.63, 3.8) is 0 Å². The first-order chi connectivity index (χ1) is 12.4. The van der Waals surface area contributed by atoms with Gasteiger partial charge in [0, 0.05) is 25.2 Å². The summed E-state index contributed by atoms with van der Waals surface area (Å²) in [5.74, 6) is 0.568. The minimum atomic E-state index is 0.568. The Kier molecular flexibility index (Phi) is 4.86. The summed E-state index contributed by atoms with van der Waals surface area (Å²) >= 11 is 0. The van der Waals surface area contributed by atoms with Crippen molar-refractivity contribution in [3.8, 4) is 17.1 Å². The van der Waals surface area contributed by atoms with Gasteiger partial charge < -0.3 is 9.47 Å². The Bertz CT molecular complexity index is 847. The van der Waals surface area contributed by atoms with Crippen LogP contribution in [0.25, 0.3) is 22.0 Å². The minimum Gasteiger partial charge on any atom is -0.475 e. The van der Waals surface area contributed by atoms with Crippen LogP contribution in [0.4, 0.5) is 0 Å². The first-order valence-electron chi connectivity index (χ1n) is 8.63. The van der Waals surface area contributed by atoms with Crippen molar-refractivity contribution in [2.24, 2.45) is 0 Å². The molecule has 1 saturated heterocycles. The van der Waals surface area contributed by atoms with E-state index >= 15 is 0 Å². The standard InChI is InChI=1S/C20H21N3O2/c1-2-4-17-13-18(6-5-16(17)3-1)19-14-21-15-20(22-19)25-12-9-23-7-10-24-11-8-23/h1-6,13-15H,7-12H2. The monoisotopic (exact) mass is 335 g/mol. The number of aromatic nitrogens is 2. The lowest BCUT2D eigenvalue weighted by Gasteiger charge is -2.26. The second-order valence-corrected chi connectivity index (χ2v) is 6.11. The molecule has 1 aromatic heterocycles. The van der Waals surface area contributed by atoms with E-state index in [4.69, 9.17) is 9.47 Å². The van der Waals surface area contributed by atoms with Gasteiger partial charge in [0.05, 0.1) is 31.3 Å². The van der Waals surface area contributed by atoms with Crippen LogP contribution in [0.1, 0.15) is 0 Å². The van der Waals surface area contributed by atoms with Gasteiger partial charge in [0.2, 0.25) is 5.88 Å². The van der Waals surface area contributed by atoms with Gasteiger partial charge >= 0.3 is 0 Å². The van der Waals surface area contributed by atoms with E-state index in [9.17, 15) is 0 Å².